The quantitative estimate of drug-likeness (QED) is 0.289. The molecule has 0 spiro atoms. The van der Waals surface area contributed by atoms with E-state index in [1.165, 1.54) is 20.0 Å². The Labute approximate surface area is 198 Å². The van der Waals surface area contributed by atoms with Gasteiger partial charge >= 0.3 is 0 Å². The number of hydrogen-bond donors (Lipinski definition) is 4. The summed E-state index contributed by atoms with van der Waals surface area (Å²) in [4.78, 5) is 21.3. The minimum atomic E-state index is -1.58. The van der Waals surface area contributed by atoms with Crippen LogP contribution in [0.4, 0.5) is 21.6 Å². The van der Waals surface area contributed by atoms with Crippen molar-refractivity contribution < 1.29 is 14.3 Å². The van der Waals surface area contributed by atoms with Crippen LogP contribution in [0, 0.1) is 0 Å². The SMILES string of the molecule is CC.CCCCNc1cc(Nc2ccc3ncsc3c2)ncc1C(=O)NCC(F)C(C)(C)O. The summed E-state index contributed by atoms with van der Waals surface area (Å²) < 4.78 is 15.1. The second-order valence-corrected chi connectivity index (χ2v) is 8.77. The Morgan fingerprint density at radius 3 is 2.70 bits per heavy atom. The predicted octanol–water partition coefficient (Wildman–Crippen LogP) is 5.51. The summed E-state index contributed by atoms with van der Waals surface area (Å²) in [6.07, 6.45) is 1.84. The van der Waals surface area contributed by atoms with Gasteiger partial charge in [-0.2, -0.15) is 0 Å². The number of hydrogen-bond acceptors (Lipinski definition) is 7. The van der Waals surface area contributed by atoms with Crippen LogP contribution in [0.25, 0.3) is 10.2 Å². The van der Waals surface area contributed by atoms with Gasteiger partial charge in [0.05, 0.1) is 39.1 Å². The normalized spacial score (nSPS) is 12.0. The Morgan fingerprint density at radius 2 is 2.00 bits per heavy atom. The van der Waals surface area contributed by atoms with E-state index in [1.807, 2.05) is 32.0 Å². The van der Waals surface area contributed by atoms with Gasteiger partial charge in [-0.25, -0.2) is 14.4 Å². The highest BCUT2D eigenvalue weighted by Gasteiger charge is 2.27. The number of aliphatic hydroxyl groups is 1. The van der Waals surface area contributed by atoms with Gasteiger partial charge in [0, 0.05) is 24.5 Å². The maximum atomic E-state index is 14.0. The fraction of sp³-hybridized carbons (Fsp3) is 0.458. The molecule has 180 valence electrons. The highest BCUT2D eigenvalue weighted by atomic mass is 32.1. The summed E-state index contributed by atoms with van der Waals surface area (Å²) in [6, 6.07) is 7.63. The number of nitrogens with one attached hydrogen (secondary N) is 3. The number of unbranched alkanes of at least 4 members (excludes halogenated alkanes) is 1. The van der Waals surface area contributed by atoms with Crippen molar-refractivity contribution in [1.82, 2.24) is 15.3 Å². The van der Waals surface area contributed by atoms with Gasteiger partial charge in [-0.3, -0.25) is 4.79 Å². The van der Waals surface area contributed by atoms with Crippen molar-refractivity contribution in [2.45, 2.75) is 59.2 Å². The van der Waals surface area contributed by atoms with Crippen LogP contribution in [0.5, 0.6) is 0 Å². The fourth-order valence-electron chi connectivity index (χ4n) is 2.86. The Balaban J connectivity index is 0.00000187. The van der Waals surface area contributed by atoms with Crippen LogP contribution >= 0.6 is 11.3 Å². The van der Waals surface area contributed by atoms with Crippen LogP contribution in [0.1, 0.15) is 57.8 Å². The predicted molar refractivity (Wildman–Crippen MR) is 135 cm³/mol. The monoisotopic (exact) mass is 475 g/mol. The maximum Gasteiger partial charge on any atom is 0.255 e. The molecule has 1 amide bonds. The minimum absolute atomic E-state index is 0.286. The van der Waals surface area contributed by atoms with Gasteiger partial charge in [-0.1, -0.05) is 27.2 Å². The van der Waals surface area contributed by atoms with Gasteiger partial charge in [-0.05, 0) is 38.5 Å². The lowest BCUT2D eigenvalue weighted by Crippen LogP contribution is -2.42. The van der Waals surface area contributed by atoms with Crippen LogP contribution in [-0.4, -0.2) is 45.8 Å². The molecule has 7 nitrogen and oxygen atoms in total. The summed E-state index contributed by atoms with van der Waals surface area (Å²) in [5, 5.41) is 18.8. The van der Waals surface area contributed by atoms with E-state index >= 15 is 0 Å². The van der Waals surface area contributed by atoms with E-state index in [4.69, 9.17) is 0 Å². The number of rotatable bonds is 10. The van der Waals surface area contributed by atoms with E-state index in [2.05, 4.69) is 32.8 Å². The van der Waals surface area contributed by atoms with E-state index in [9.17, 15) is 14.3 Å². The van der Waals surface area contributed by atoms with Crippen LogP contribution in [0.15, 0.2) is 36.0 Å². The summed E-state index contributed by atoms with van der Waals surface area (Å²) in [7, 11) is 0. The molecule has 9 heteroatoms. The standard InChI is InChI=1S/C22H28FN5O2S.C2H6/c1-4-5-8-24-17-10-20(28-14-6-7-16-18(9-14)31-13-27-16)25-11-15(17)21(29)26-12-19(23)22(2,3)30;1-2/h6-7,9-11,13,19,30H,4-5,8,12H2,1-3H3,(H,26,29)(H2,24,25,28);1-2H3. The van der Waals surface area contributed by atoms with Gasteiger partial charge in [0.2, 0.25) is 0 Å². The van der Waals surface area contributed by atoms with Gasteiger partial charge in [0.1, 0.15) is 12.0 Å². The van der Waals surface area contributed by atoms with Crippen molar-refractivity contribution in [3.63, 3.8) is 0 Å². The first kappa shape index (κ1) is 26.5. The van der Waals surface area contributed by atoms with Crippen LogP contribution < -0.4 is 16.0 Å². The summed E-state index contributed by atoms with van der Waals surface area (Å²) >= 11 is 1.56. The number of pyridine rings is 1. The highest BCUT2D eigenvalue weighted by molar-refractivity contribution is 7.16. The number of fused-ring (bicyclic) bond motifs is 1. The molecule has 33 heavy (non-hydrogen) atoms. The third-order valence-corrected chi connectivity index (χ3v) is 5.60. The molecule has 2 aromatic heterocycles. The lowest BCUT2D eigenvalue weighted by atomic mass is 10.0. The summed E-state index contributed by atoms with van der Waals surface area (Å²) in [5.41, 5.74) is 3.01. The molecule has 0 saturated carbocycles. The van der Waals surface area contributed by atoms with Crippen molar-refractivity contribution >= 4 is 44.7 Å². The van der Waals surface area contributed by atoms with Crippen molar-refractivity contribution in [2.75, 3.05) is 23.7 Å². The van der Waals surface area contributed by atoms with E-state index in [0.717, 1.165) is 28.7 Å². The van der Waals surface area contributed by atoms with Crippen molar-refractivity contribution in [1.29, 1.82) is 0 Å². The molecule has 0 radical (unpaired) electrons. The number of amides is 1. The number of aromatic nitrogens is 2. The molecule has 1 aromatic carbocycles. The number of nitrogens with zero attached hydrogens (tertiary/aromatic N) is 2. The van der Waals surface area contributed by atoms with Crippen molar-refractivity contribution in [2.24, 2.45) is 0 Å². The zero-order valence-corrected chi connectivity index (χ0v) is 20.7. The molecule has 0 aliphatic rings. The van der Waals surface area contributed by atoms with Crippen molar-refractivity contribution in [3.8, 4) is 0 Å². The number of carbonyl (C=O) groups is 1. The molecule has 0 fully saturated rings. The largest absolute Gasteiger partial charge is 0.387 e. The van der Waals surface area contributed by atoms with Crippen molar-refractivity contribution in [3.05, 3.63) is 41.5 Å². The Hall–Kier alpha value is -2.78. The highest BCUT2D eigenvalue weighted by Crippen LogP contribution is 2.26. The number of carbonyl (C=O) groups excluding carboxylic acids is 1. The number of halogens is 1. The molecule has 0 bridgehead atoms. The van der Waals surface area contributed by atoms with Crippen LogP contribution in [-0.2, 0) is 0 Å². The van der Waals surface area contributed by atoms with E-state index in [-0.39, 0.29) is 6.54 Å². The smallest absolute Gasteiger partial charge is 0.255 e. The zero-order valence-electron chi connectivity index (χ0n) is 19.9. The summed E-state index contributed by atoms with van der Waals surface area (Å²) in [6.45, 7) is 9.23. The zero-order chi connectivity index (χ0) is 24.4. The van der Waals surface area contributed by atoms with Gasteiger partial charge < -0.3 is 21.1 Å². The molecule has 0 aliphatic heterocycles. The average molecular weight is 476 g/mol. The Bertz CT molecular complexity index is 1040. The van der Waals surface area contributed by atoms with E-state index < -0.39 is 17.7 Å². The molecule has 1 unspecified atom stereocenters. The number of benzene rings is 1. The molecular formula is C24H34FN5O2S. The van der Waals surface area contributed by atoms with Crippen LogP contribution in [0.2, 0.25) is 0 Å². The molecule has 0 saturated heterocycles. The Kier molecular flexibility index (Phi) is 9.99. The average Bonchev–Trinajstić information content (AvgIpc) is 3.26. The summed E-state index contributed by atoms with van der Waals surface area (Å²) in [5.74, 6) is 0.135. The first-order chi connectivity index (χ1) is 15.8. The second kappa shape index (κ2) is 12.5. The molecule has 4 N–H and O–H groups in total. The number of alkyl halides is 1. The molecule has 2 heterocycles. The molecular weight excluding hydrogens is 441 g/mol. The van der Waals surface area contributed by atoms with E-state index in [0.29, 0.717) is 23.6 Å². The Morgan fingerprint density at radius 1 is 1.24 bits per heavy atom. The number of thiazole rings is 1. The lowest BCUT2D eigenvalue weighted by molar-refractivity contribution is -0.00177. The maximum absolute atomic E-state index is 14.0. The van der Waals surface area contributed by atoms with E-state index in [1.54, 1.807) is 22.9 Å². The molecule has 0 aliphatic carbocycles. The van der Waals surface area contributed by atoms with Gasteiger partial charge in [0.15, 0.2) is 0 Å². The minimum Gasteiger partial charge on any atom is -0.387 e. The molecule has 3 aromatic rings. The fourth-order valence-corrected chi connectivity index (χ4v) is 3.58. The van der Waals surface area contributed by atoms with Gasteiger partial charge in [-0.15, -0.1) is 11.3 Å². The van der Waals surface area contributed by atoms with Crippen LogP contribution in [0.3, 0.4) is 0 Å². The number of anilines is 3. The molecule has 1 atom stereocenters. The topological polar surface area (TPSA) is 99.2 Å². The first-order valence-corrected chi connectivity index (χ1v) is 12.1. The lowest BCUT2D eigenvalue weighted by Gasteiger charge is -2.22. The first-order valence-electron chi connectivity index (χ1n) is 11.3. The second-order valence-electron chi connectivity index (χ2n) is 7.89. The van der Waals surface area contributed by atoms with Gasteiger partial charge in [0.25, 0.3) is 5.91 Å². The third-order valence-electron chi connectivity index (χ3n) is 4.81. The molecule has 3 rings (SSSR count). The third kappa shape index (κ3) is 7.64.